The molecule has 1 aliphatic rings. The molecule has 2 aromatic rings. The number of benzene rings is 2. The van der Waals surface area contributed by atoms with Gasteiger partial charge in [0.1, 0.15) is 0 Å². The molecular formula is C22H19F4NO6. The number of ether oxygens (including phenoxy) is 3. The van der Waals surface area contributed by atoms with Gasteiger partial charge >= 0.3 is 24.0 Å². The van der Waals surface area contributed by atoms with Crippen LogP contribution in [-0.2, 0) is 19.0 Å². The van der Waals surface area contributed by atoms with E-state index in [0.29, 0.717) is 0 Å². The largest absolute Gasteiger partial charge is 0.471 e. The molecule has 1 saturated heterocycles. The standard InChI is InChI=1S/C22H19F4NO6/c1-12-16(27-21(30)22(24,25)26)17(32-18(28)13-8-4-2-5-9-13)15(23)20(31-12)33-19(29)14-10-6-3-7-11-14/h2-12,15-17,20H,1H3,(H,27,30)/t12-,15-,16+,17-,20-/m1/s1. The van der Waals surface area contributed by atoms with Gasteiger partial charge in [-0.25, -0.2) is 14.0 Å². The Balaban J connectivity index is 1.84. The van der Waals surface area contributed by atoms with Crippen molar-refractivity contribution in [2.75, 3.05) is 0 Å². The number of esters is 2. The number of rotatable bonds is 5. The Morgan fingerprint density at radius 1 is 0.879 bits per heavy atom. The van der Waals surface area contributed by atoms with Crippen LogP contribution in [0.1, 0.15) is 27.6 Å². The normalized spacial score (nSPS) is 25.1. The smallest absolute Gasteiger partial charge is 0.453 e. The highest BCUT2D eigenvalue weighted by Gasteiger charge is 2.52. The molecule has 1 heterocycles. The summed E-state index contributed by atoms with van der Waals surface area (Å²) >= 11 is 0. The molecule has 0 aromatic heterocycles. The lowest BCUT2D eigenvalue weighted by molar-refractivity contribution is -0.236. The van der Waals surface area contributed by atoms with Crippen LogP contribution in [0.3, 0.4) is 0 Å². The first-order chi connectivity index (χ1) is 15.6. The Bertz CT molecular complexity index is 985. The van der Waals surface area contributed by atoms with Crippen molar-refractivity contribution in [1.82, 2.24) is 5.32 Å². The van der Waals surface area contributed by atoms with E-state index in [1.165, 1.54) is 43.3 Å². The van der Waals surface area contributed by atoms with E-state index >= 15 is 4.39 Å². The summed E-state index contributed by atoms with van der Waals surface area (Å²) < 4.78 is 69.1. The van der Waals surface area contributed by atoms with Crippen molar-refractivity contribution in [2.24, 2.45) is 0 Å². The average molecular weight is 469 g/mol. The van der Waals surface area contributed by atoms with Crippen molar-refractivity contribution >= 4 is 17.8 Å². The highest BCUT2D eigenvalue weighted by atomic mass is 19.4. The van der Waals surface area contributed by atoms with Crippen LogP contribution in [0.4, 0.5) is 17.6 Å². The molecule has 7 nitrogen and oxygen atoms in total. The van der Waals surface area contributed by atoms with Gasteiger partial charge in [-0.2, -0.15) is 13.2 Å². The molecule has 3 rings (SSSR count). The minimum absolute atomic E-state index is 0.00238. The topological polar surface area (TPSA) is 90.9 Å². The summed E-state index contributed by atoms with van der Waals surface area (Å²) in [5.41, 5.74) is 0.0776. The Labute approximate surface area is 185 Å². The molecule has 176 valence electrons. The number of carbonyl (C=O) groups excluding carboxylic acids is 3. The van der Waals surface area contributed by atoms with E-state index in [-0.39, 0.29) is 11.1 Å². The molecule has 0 saturated carbocycles. The van der Waals surface area contributed by atoms with E-state index in [0.717, 1.165) is 0 Å². The first-order valence-corrected chi connectivity index (χ1v) is 9.77. The fraction of sp³-hybridized carbons (Fsp3) is 0.318. The van der Waals surface area contributed by atoms with Crippen LogP contribution in [0.5, 0.6) is 0 Å². The van der Waals surface area contributed by atoms with Crippen LogP contribution in [0, 0.1) is 0 Å². The fourth-order valence-corrected chi connectivity index (χ4v) is 3.17. The third kappa shape index (κ3) is 5.86. The van der Waals surface area contributed by atoms with Gasteiger partial charge in [0.25, 0.3) is 0 Å². The third-order valence-electron chi connectivity index (χ3n) is 4.82. The molecule has 1 amide bonds. The van der Waals surface area contributed by atoms with Crippen molar-refractivity contribution in [3.05, 3.63) is 71.8 Å². The number of alkyl halides is 4. The molecule has 0 bridgehead atoms. The van der Waals surface area contributed by atoms with Crippen LogP contribution in [0.15, 0.2) is 60.7 Å². The third-order valence-corrected chi connectivity index (χ3v) is 4.82. The molecule has 5 atom stereocenters. The zero-order chi connectivity index (χ0) is 24.2. The second kappa shape index (κ2) is 9.99. The summed E-state index contributed by atoms with van der Waals surface area (Å²) in [7, 11) is 0. The maximum Gasteiger partial charge on any atom is 0.471 e. The van der Waals surface area contributed by atoms with Crippen molar-refractivity contribution < 1.29 is 46.2 Å². The lowest BCUT2D eigenvalue weighted by Crippen LogP contribution is -2.64. The molecule has 0 spiro atoms. The number of halogens is 4. The number of nitrogens with one attached hydrogen (secondary N) is 1. The van der Waals surface area contributed by atoms with E-state index in [9.17, 15) is 27.6 Å². The highest BCUT2D eigenvalue weighted by Crippen LogP contribution is 2.29. The van der Waals surface area contributed by atoms with Gasteiger partial charge in [-0.15, -0.1) is 0 Å². The van der Waals surface area contributed by atoms with Gasteiger partial charge in [0.2, 0.25) is 12.5 Å². The van der Waals surface area contributed by atoms with Gasteiger partial charge in [0.05, 0.1) is 23.3 Å². The maximum absolute atomic E-state index is 15.3. The summed E-state index contributed by atoms with van der Waals surface area (Å²) in [6.45, 7) is 1.22. The minimum Gasteiger partial charge on any atom is -0.453 e. The lowest BCUT2D eigenvalue weighted by Gasteiger charge is -2.41. The Kier molecular flexibility index (Phi) is 7.32. The summed E-state index contributed by atoms with van der Waals surface area (Å²) in [5.74, 6) is -4.37. The zero-order valence-corrected chi connectivity index (χ0v) is 17.1. The average Bonchev–Trinajstić information content (AvgIpc) is 2.79. The van der Waals surface area contributed by atoms with Gasteiger partial charge in [-0.1, -0.05) is 36.4 Å². The lowest BCUT2D eigenvalue weighted by atomic mass is 9.97. The fourth-order valence-electron chi connectivity index (χ4n) is 3.17. The molecular weight excluding hydrogens is 450 g/mol. The van der Waals surface area contributed by atoms with Crippen LogP contribution < -0.4 is 5.32 Å². The molecule has 0 aliphatic carbocycles. The molecule has 1 aliphatic heterocycles. The van der Waals surface area contributed by atoms with E-state index in [4.69, 9.17) is 14.2 Å². The van der Waals surface area contributed by atoms with Crippen molar-refractivity contribution in [1.29, 1.82) is 0 Å². The van der Waals surface area contributed by atoms with Crippen molar-refractivity contribution in [3.63, 3.8) is 0 Å². The quantitative estimate of drug-likeness (QED) is 0.534. The van der Waals surface area contributed by atoms with Crippen molar-refractivity contribution in [2.45, 2.75) is 43.8 Å². The molecule has 1 fully saturated rings. The Hall–Kier alpha value is -3.47. The SMILES string of the molecule is C[C@H]1O[C@H](OC(=O)c2ccccc2)[C@H](F)[C@@H](OC(=O)c2ccccc2)[C@H]1NC(=O)C(F)(F)F. The van der Waals surface area contributed by atoms with Crippen LogP contribution in [0.2, 0.25) is 0 Å². The van der Waals surface area contributed by atoms with Gasteiger partial charge in [0.15, 0.2) is 6.10 Å². The highest BCUT2D eigenvalue weighted by molar-refractivity contribution is 5.90. The first kappa shape index (κ1) is 24.2. The number of amides is 1. The summed E-state index contributed by atoms with van der Waals surface area (Å²) in [4.78, 5) is 36.3. The van der Waals surface area contributed by atoms with Crippen LogP contribution in [-0.4, -0.2) is 54.7 Å². The zero-order valence-electron chi connectivity index (χ0n) is 17.1. The molecule has 0 unspecified atom stereocenters. The Morgan fingerprint density at radius 3 is 1.85 bits per heavy atom. The molecule has 0 radical (unpaired) electrons. The monoisotopic (exact) mass is 469 g/mol. The van der Waals surface area contributed by atoms with E-state index in [1.54, 1.807) is 29.6 Å². The van der Waals surface area contributed by atoms with Gasteiger partial charge in [0, 0.05) is 0 Å². The van der Waals surface area contributed by atoms with Crippen molar-refractivity contribution in [3.8, 4) is 0 Å². The minimum atomic E-state index is -5.27. The van der Waals surface area contributed by atoms with Crippen LogP contribution >= 0.6 is 0 Å². The molecule has 1 N–H and O–H groups in total. The first-order valence-electron chi connectivity index (χ1n) is 9.77. The predicted molar refractivity (Wildman–Crippen MR) is 105 cm³/mol. The van der Waals surface area contributed by atoms with Crippen LogP contribution in [0.25, 0.3) is 0 Å². The van der Waals surface area contributed by atoms with Gasteiger partial charge in [-0.3, -0.25) is 4.79 Å². The maximum atomic E-state index is 15.3. The summed E-state index contributed by atoms with van der Waals surface area (Å²) in [5, 5.41) is 1.60. The van der Waals surface area contributed by atoms with Gasteiger partial charge < -0.3 is 19.5 Å². The number of carbonyl (C=O) groups is 3. The number of hydrogen-bond acceptors (Lipinski definition) is 6. The second-order valence-electron chi connectivity index (χ2n) is 7.16. The van der Waals surface area contributed by atoms with Gasteiger partial charge in [-0.05, 0) is 31.2 Å². The Morgan fingerprint density at radius 2 is 1.36 bits per heavy atom. The second-order valence-corrected chi connectivity index (χ2v) is 7.16. The summed E-state index contributed by atoms with van der Waals surface area (Å²) in [6.07, 6.45) is -12.8. The predicted octanol–water partition coefficient (Wildman–Crippen LogP) is 3.20. The number of hydrogen-bond donors (Lipinski definition) is 1. The van der Waals surface area contributed by atoms with E-state index in [2.05, 4.69) is 0 Å². The molecule has 11 heteroatoms. The molecule has 33 heavy (non-hydrogen) atoms. The summed E-state index contributed by atoms with van der Waals surface area (Å²) in [6, 6.07) is 13.1. The molecule has 2 aromatic carbocycles. The van der Waals surface area contributed by atoms with E-state index in [1.807, 2.05) is 0 Å². The van der Waals surface area contributed by atoms with E-state index < -0.39 is 54.7 Å².